The highest BCUT2D eigenvalue weighted by molar-refractivity contribution is 9.10. The highest BCUT2D eigenvalue weighted by Gasteiger charge is 2.14. The number of rotatable bonds is 2. The molecular weight excluding hydrogens is 334 g/mol. The maximum Gasteiger partial charge on any atom is 0.258 e. The first kappa shape index (κ1) is 12.8. The molecule has 1 aromatic carbocycles. The van der Waals surface area contributed by atoms with Crippen LogP contribution < -0.4 is 5.56 Å². The molecule has 1 aromatic heterocycles. The third-order valence-corrected chi connectivity index (χ3v) is 3.71. The van der Waals surface area contributed by atoms with E-state index >= 15 is 0 Å². The zero-order valence-corrected chi connectivity index (χ0v) is 11.5. The van der Waals surface area contributed by atoms with E-state index in [9.17, 15) is 9.18 Å². The molecule has 17 heavy (non-hydrogen) atoms. The average Bonchev–Trinajstić information content (AvgIpc) is 2.29. The van der Waals surface area contributed by atoms with Crippen molar-refractivity contribution in [1.82, 2.24) is 9.97 Å². The molecular formula is C10H6BrCl2FN2O. The Balaban J connectivity index is 2.83. The highest BCUT2D eigenvalue weighted by atomic mass is 79.9. The second-order valence-electron chi connectivity index (χ2n) is 3.33. The second-order valence-corrected chi connectivity index (χ2v) is 4.91. The quantitative estimate of drug-likeness (QED) is 0.674. The molecule has 0 saturated carbocycles. The first-order valence-electron chi connectivity index (χ1n) is 4.67. The molecule has 0 bridgehead atoms. The first-order valence-corrected chi connectivity index (χ1v) is 6.37. The number of benzene rings is 1. The number of fused-ring (bicyclic) bond motifs is 1. The number of H-pyrrole nitrogens is 1. The number of alkyl halides is 1. The second kappa shape index (κ2) is 4.92. The minimum absolute atomic E-state index is 0.00913. The lowest BCUT2D eigenvalue weighted by Gasteiger charge is -2.05. The summed E-state index contributed by atoms with van der Waals surface area (Å²) in [5.41, 5.74) is -0.437. The van der Waals surface area contributed by atoms with Crippen LogP contribution in [0.4, 0.5) is 4.39 Å². The molecule has 0 amide bonds. The van der Waals surface area contributed by atoms with Gasteiger partial charge in [-0.1, -0.05) is 11.6 Å². The van der Waals surface area contributed by atoms with Gasteiger partial charge in [0.25, 0.3) is 5.56 Å². The average molecular weight is 340 g/mol. The van der Waals surface area contributed by atoms with Crippen LogP contribution in [0.25, 0.3) is 10.9 Å². The van der Waals surface area contributed by atoms with Crippen LogP contribution in [0.3, 0.4) is 0 Å². The molecule has 0 atom stereocenters. The Morgan fingerprint density at radius 1 is 1.53 bits per heavy atom. The van der Waals surface area contributed by atoms with Crippen LogP contribution in [0.2, 0.25) is 5.02 Å². The number of nitrogens with one attached hydrogen (secondary N) is 1. The van der Waals surface area contributed by atoms with Crippen molar-refractivity contribution in [3.63, 3.8) is 0 Å². The van der Waals surface area contributed by atoms with Gasteiger partial charge in [0.2, 0.25) is 0 Å². The van der Waals surface area contributed by atoms with Gasteiger partial charge >= 0.3 is 0 Å². The normalized spacial score (nSPS) is 11.1. The Labute approximate surface area is 114 Å². The van der Waals surface area contributed by atoms with Crippen LogP contribution in [0.1, 0.15) is 5.82 Å². The molecule has 0 radical (unpaired) electrons. The molecule has 0 fully saturated rings. The number of aryl methyl sites for hydroxylation is 1. The Morgan fingerprint density at radius 3 is 2.88 bits per heavy atom. The molecule has 0 aliphatic heterocycles. The SMILES string of the molecule is O=c1[nH]c(CCCl)nc2c(F)c(Br)c(Cl)cc12. The lowest BCUT2D eigenvalue weighted by molar-refractivity contribution is 0.629. The standard InChI is InChI=1S/C10H6BrCl2FN2O/c11-7-5(13)3-4-9(8(7)14)15-6(1-2-12)16-10(4)17/h3H,1-2H2,(H,15,16,17). The van der Waals surface area contributed by atoms with Gasteiger partial charge in [-0.25, -0.2) is 9.37 Å². The van der Waals surface area contributed by atoms with Crippen LogP contribution >= 0.6 is 39.1 Å². The smallest absolute Gasteiger partial charge is 0.258 e. The summed E-state index contributed by atoms with van der Waals surface area (Å²) in [6.45, 7) is 0. The minimum atomic E-state index is -0.644. The van der Waals surface area contributed by atoms with Gasteiger partial charge in [0.15, 0.2) is 5.82 Å². The molecule has 90 valence electrons. The number of halogens is 4. The molecule has 1 heterocycles. The van der Waals surface area contributed by atoms with Crippen molar-refractivity contribution in [1.29, 1.82) is 0 Å². The molecule has 2 aromatic rings. The van der Waals surface area contributed by atoms with E-state index in [1.54, 1.807) is 0 Å². The van der Waals surface area contributed by atoms with Crippen molar-refractivity contribution in [2.24, 2.45) is 0 Å². The summed E-state index contributed by atoms with van der Waals surface area (Å²) in [5.74, 6) is 0.00483. The zero-order chi connectivity index (χ0) is 12.6. The Bertz CT molecular complexity index is 644. The molecule has 1 N–H and O–H groups in total. The van der Waals surface area contributed by atoms with Crippen LogP contribution in [-0.4, -0.2) is 15.8 Å². The lowest BCUT2D eigenvalue weighted by atomic mass is 10.2. The third-order valence-electron chi connectivity index (χ3n) is 2.22. The van der Waals surface area contributed by atoms with Crippen molar-refractivity contribution in [3.05, 3.63) is 37.6 Å². The van der Waals surface area contributed by atoms with Crippen LogP contribution in [0.15, 0.2) is 15.3 Å². The fourth-order valence-electron chi connectivity index (χ4n) is 1.44. The minimum Gasteiger partial charge on any atom is -0.310 e. The Hall–Kier alpha value is -0.650. The van der Waals surface area contributed by atoms with E-state index in [0.29, 0.717) is 18.1 Å². The van der Waals surface area contributed by atoms with E-state index in [2.05, 4.69) is 25.9 Å². The Morgan fingerprint density at radius 2 is 2.24 bits per heavy atom. The van der Waals surface area contributed by atoms with Crippen molar-refractivity contribution in [3.8, 4) is 0 Å². The van der Waals surface area contributed by atoms with E-state index in [4.69, 9.17) is 23.2 Å². The maximum absolute atomic E-state index is 13.9. The van der Waals surface area contributed by atoms with Gasteiger partial charge in [0.1, 0.15) is 11.3 Å². The molecule has 0 spiro atoms. The van der Waals surface area contributed by atoms with Gasteiger partial charge in [-0.2, -0.15) is 0 Å². The summed E-state index contributed by atoms with van der Waals surface area (Å²) in [5, 5.41) is 0.251. The molecule has 0 aliphatic rings. The number of hydrogen-bond acceptors (Lipinski definition) is 2. The number of nitrogens with zero attached hydrogens (tertiary/aromatic N) is 1. The Kier molecular flexibility index (Phi) is 3.70. The highest BCUT2D eigenvalue weighted by Crippen LogP contribution is 2.29. The molecule has 7 heteroatoms. The summed E-state index contributed by atoms with van der Waals surface area (Å²) >= 11 is 14.3. The molecule has 0 aliphatic carbocycles. The van der Waals surface area contributed by atoms with E-state index < -0.39 is 11.4 Å². The van der Waals surface area contributed by atoms with Gasteiger partial charge in [0.05, 0.1) is 14.9 Å². The van der Waals surface area contributed by atoms with E-state index in [1.807, 2.05) is 0 Å². The van der Waals surface area contributed by atoms with Gasteiger partial charge in [-0.15, -0.1) is 11.6 Å². The number of aromatic amines is 1. The van der Waals surface area contributed by atoms with Crippen molar-refractivity contribution >= 4 is 50.0 Å². The zero-order valence-electron chi connectivity index (χ0n) is 8.36. The lowest BCUT2D eigenvalue weighted by Crippen LogP contribution is -2.13. The van der Waals surface area contributed by atoms with Crippen LogP contribution in [-0.2, 0) is 6.42 Å². The fraction of sp³-hybridized carbons (Fsp3) is 0.200. The molecule has 2 rings (SSSR count). The van der Waals surface area contributed by atoms with E-state index in [1.165, 1.54) is 6.07 Å². The van der Waals surface area contributed by atoms with Crippen LogP contribution in [0, 0.1) is 5.82 Å². The predicted molar refractivity (Wildman–Crippen MR) is 69.5 cm³/mol. The van der Waals surface area contributed by atoms with Crippen molar-refractivity contribution < 1.29 is 4.39 Å². The topological polar surface area (TPSA) is 45.8 Å². The molecule has 0 saturated heterocycles. The van der Waals surface area contributed by atoms with E-state index in [-0.39, 0.29) is 20.4 Å². The summed E-state index contributed by atoms with van der Waals surface area (Å²) in [6.07, 6.45) is 0.367. The van der Waals surface area contributed by atoms with Crippen molar-refractivity contribution in [2.75, 3.05) is 5.88 Å². The molecule has 0 unspecified atom stereocenters. The fourth-order valence-corrected chi connectivity index (χ4v) is 2.11. The van der Waals surface area contributed by atoms with Crippen molar-refractivity contribution in [2.45, 2.75) is 6.42 Å². The summed E-state index contributed by atoms with van der Waals surface area (Å²) in [7, 11) is 0. The first-order chi connectivity index (χ1) is 8.04. The van der Waals surface area contributed by atoms with E-state index in [0.717, 1.165) is 0 Å². The monoisotopic (exact) mass is 338 g/mol. The summed E-state index contributed by atoms with van der Waals surface area (Å²) < 4.78 is 14.0. The largest absolute Gasteiger partial charge is 0.310 e. The van der Waals surface area contributed by atoms with Crippen LogP contribution in [0.5, 0.6) is 0 Å². The van der Waals surface area contributed by atoms with Gasteiger partial charge in [0, 0.05) is 12.3 Å². The molecule has 3 nitrogen and oxygen atoms in total. The number of aromatic nitrogens is 2. The maximum atomic E-state index is 13.9. The van der Waals surface area contributed by atoms with Gasteiger partial charge in [-0.3, -0.25) is 4.79 Å². The van der Waals surface area contributed by atoms with Gasteiger partial charge in [-0.05, 0) is 22.0 Å². The number of hydrogen-bond donors (Lipinski definition) is 1. The third kappa shape index (κ3) is 2.32. The van der Waals surface area contributed by atoms with Gasteiger partial charge < -0.3 is 4.98 Å². The summed E-state index contributed by atoms with van der Waals surface area (Å²) in [6, 6.07) is 1.38. The predicted octanol–water partition coefficient (Wildman–Crippen LogP) is 3.26. The summed E-state index contributed by atoms with van der Waals surface area (Å²) in [4.78, 5) is 18.3.